The fourth-order valence-corrected chi connectivity index (χ4v) is 3.23. The van der Waals surface area contributed by atoms with Crippen LogP contribution < -0.4 is 9.04 Å². The maximum atomic E-state index is 14.1. The molecule has 0 atom stereocenters. The molecule has 0 saturated heterocycles. The van der Waals surface area contributed by atoms with Gasteiger partial charge in [0.2, 0.25) is 0 Å². The molecule has 2 aromatic carbocycles. The summed E-state index contributed by atoms with van der Waals surface area (Å²) in [6, 6.07) is 9.69. The lowest BCUT2D eigenvalue weighted by atomic mass is 10.2. The van der Waals surface area contributed by atoms with Crippen LogP contribution in [0.15, 0.2) is 58.2 Å². The average molecular weight is 383 g/mol. The zero-order chi connectivity index (χ0) is 17.8. The first-order chi connectivity index (χ1) is 12.1. The van der Waals surface area contributed by atoms with E-state index in [4.69, 9.17) is 20.8 Å². The van der Waals surface area contributed by atoms with E-state index in [1.807, 2.05) is 24.3 Å². The molecular formula is C17H13ClF2N2O2S. The van der Waals surface area contributed by atoms with Crippen LogP contribution in [0, 0.1) is 11.6 Å². The number of rotatable bonds is 6. The van der Waals surface area contributed by atoms with Gasteiger partial charge in [-0.05, 0) is 35.7 Å². The van der Waals surface area contributed by atoms with E-state index in [1.54, 1.807) is 11.4 Å². The van der Waals surface area contributed by atoms with Gasteiger partial charge >= 0.3 is 6.01 Å². The number of nitrogens with zero attached hydrogens (tertiary/aromatic N) is 2. The third kappa shape index (κ3) is 4.24. The van der Waals surface area contributed by atoms with E-state index in [2.05, 4.69) is 4.98 Å². The van der Waals surface area contributed by atoms with Gasteiger partial charge in [-0.15, -0.1) is 0 Å². The molecule has 1 aromatic heterocycles. The monoisotopic (exact) mass is 382 g/mol. The van der Waals surface area contributed by atoms with E-state index in [0.717, 1.165) is 29.3 Å². The van der Waals surface area contributed by atoms with Gasteiger partial charge in [0.1, 0.15) is 23.6 Å². The van der Waals surface area contributed by atoms with Crippen LogP contribution in [-0.2, 0) is 6.54 Å². The lowest BCUT2D eigenvalue weighted by Crippen LogP contribution is -2.14. The van der Waals surface area contributed by atoms with E-state index < -0.39 is 11.6 Å². The number of hydrogen-bond donors (Lipinski definition) is 0. The third-order valence-corrected chi connectivity index (χ3v) is 4.61. The van der Waals surface area contributed by atoms with Crippen molar-refractivity contribution < 1.29 is 17.9 Å². The first-order valence-electron chi connectivity index (χ1n) is 7.19. The Morgan fingerprint density at radius 1 is 1.20 bits per heavy atom. The standard InChI is InChI=1S/C17H13ClF2N2O2S/c1-23-12-4-2-11(3-5-12)10-22(17-21-6-7-24-17)25-16-8-13(18)14(19)9-15(16)20/h2-9H,10H2,1H3. The van der Waals surface area contributed by atoms with Crippen molar-refractivity contribution in [2.75, 3.05) is 11.4 Å². The van der Waals surface area contributed by atoms with Crippen molar-refractivity contribution in [2.45, 2.75) is 11.4 Å². The molecule has 8 heteroatoms. The minimum Gasteiger partial charge on any atom is -0.497 e. The summed E-state index contributed by atoms with van der Waals surface area (Å²) in [5.74, 6) is -0.782. The number of aromatic nitrogens is 1. The molecule has 0 aliphatic carbocycles. The summed E-state index contributed by atoms with van der Waals surface area (Å²) in [4.78, 5) is 4.26. The molecule has 0 spiro atoms. The Bertz CT molecular complexity index is 845. The fraction of sp³-hybridized carbons (Fsp3) is 0.118. The largest absolute Gasteiger partial charge is 0.497 e. The van der Waals surface area contributed by atoms with Crippen molar-refractivity contribution in [1.29, 1.82) is 0 Å². The summed E-state index contributed by atoms with van der Waals surface area (Å²) in [6.07, 6.45) is 2.91. The van der Waals surface area contributed by atoms with Gasteiger partial charge in [-0.3, -0.25) is 4.31 Å². The molecule has 3 rings (SSSR count). The van der Waals surface area contributed by atoms with E-state index in [-0.39, 0.29) is 9.92 Å². The van der Waals surface area contributed by atoms with Gasteiger partial charge in [-0.2, -0.15) is 0 Å². The molecule has 0 fully saturated rings. The van der Waals surface area contributed by atoms with Gasteiger partial charge in [0.25, 0.3) is 0 Å². The average Bonchev–Trinajstić information content (AvgIpc) is 3.14. The van der Waals surface area contributed by atoms with Gasteiger partial charge < -0.3 is 9.15 Å². The molecule has 0 amide bonds. The van der Waals surface area contributed by atoms with Crippen molar-refractivity contribution in [2.24, 2.45) is 0 Å². The lowest BCUT2D eigenvalue weighted by Gasteiger charge is -2.20. The van der Waals surface area contributed by atoms with Crippen LogP contribution >= 0.6 is 23.5 Å². The number of hydrogen-bond acceptors (Lipinski definition) is 5. The summed E-state index contributed by atoms with van der Waals surface area (Å²) in [5.41, 5.74) is 0.931. The van der Waals surface area contributed by atoms with Crippen LogP contribution in [0.3, 0.4) is 0 Å². The van der Waals surface area contributed by atoms with Gasteiger partial charge in [0.05, 0.1) is 29.8 Å². The normalized spacial score (nSPS) is 10.7. The summed E-state index contributed by atoms with van der Waals surface area (Å²) in [5, 5.41) is -0.152. The maximum Gasteiger partial charge on any atom is 0.308 e. The van der Waals surface area contributed by atoms with Gasteiger partial charge in [0.15, 0.2) is 0 Å². The zero-order valence-electron chi connectivity index (χ0n) is 13.1. The summed E-state index contributed by atoms with van der Waals surface area (Å²) in [6.45, 7) is 0.379. The fourth-order valence-electron chi connectivity index (χ4n) is 2.07. The molecule has 4 nitrogen and oxygen atoms in total. The second-order valence-electron chi connectivity index (χ2n) is 4.99. The minimum atomic E-state index is -0.804. The Balaban J connectivity index is 1.86. The van der Waals surface area contributed by atoms with E-state index in [9.17, 15) is 8.78 Å². The highest BCUT2D eigenvalue weighted by Crippen LogP contribution is 2.34. The molecule has 3 aromatic rings. The smallest absolute Gasteiger partial charge is 0.308 e. The molecule has 25 heavy (non-hydrogen) atoms. The maximum absolute atomic E-state index is 14.1. The van der Waals surface area contributed by atoms with Gasteiger partial charge in [-0.25, -0.2) is 13.8 Å². The molecule has 0 unspecified atom stereocenters. The Kier molecular flexibility index (Phi) is 5.45. The molecule has 0 N–H and O–H groups in total. The summed E-state index contributed by atoms with van der Waals surface area (Å²) < 4.78 is 39.5. The molecule has 0 saturated carbocycles. The van der Waals surface area contributed by atoms with Gasteiger partial charge in [0, 0.05) is 6.07 Å². The quantitative estimate of drug-likeness (QED) is 0.425. The highest BCUT2D eigenvalue weighted by atomic mass is 35.5. The minimum absolute atomic E-state index is 0.152. The number of ether oxygens (including phenoxy) is 1. The highest BCUT2D eigenvalue weighted by molar-refractivity contribution is 8.00. The van der Waals surface area contributed by atoms with Crippen LogP contribution in [0.1, 0.15) is 5.56 Å². The predicted octanol–water partition coefficient (Wildman–Crippen LogP) is 5.33. The SMILES string of the molecule is COc1ccc(CN(Sc2cc(Cl)c(F)cc2F)c2ncco2)cc1. The third-order valence-electron chi connectivity index (χ3n) is 3.30. The molecule has 1 heterocycles. The number of anilines is 1. The van der Waals surface area contributed by atoms with Crippen LogP contribution in [0.4, 0.5) is 14.8 Å². The number of methoxy groups -OCH3 is 1. The molecule has 0 aliphatic rings. The van der Waals surface area contributed by atoms with Crippen molar-refractivity contribution in [3.63, 3.8) is 0 Å². The number of oxazole rings is 1. The van der Waals surface area contributed by atoms with Crippen molar-refractivity contribution >= 4 is 29.6 Å². The van der Waals surface area contributed by atoms with Gasteiger partial charge in [-0.1, -0.05) is 23.7 Å². The topological polar surface area (TPSA) is 38.5 Å². The van der Waals surface area contributed by atoms with E-state index in [0.29, 0.717) is 12.6 Å². The first kappa shape index (κ1) is 17.6. The number of benzene rings is 2. The van der Waals surface area contributed by atoms with Crippen molar-refractivity contribution in [3.05, 3.63) is 71.1 Å². The van der Waals surface area contributed by atoms with Crippen LogP contribution in [-0.4, -0.2) is 12.1 Å². The first-order valence-corrected chi connectivity index (χ1v) is 8.34. The Labute approximate surface area is 152 Å². The van der Waals surface area contributed by atoms with E-state index >= 15 is 0 Å². The van der Waals surface area contributed by atoms with Crippen molar-refractivity contribution in [3.8, 4) is 5.75 Å². The van der Waals surface area contributed by atoms with E-state index in [1.165, 1.54) is 18.5 Å². The Hall–Kier alpha value is -2.25. The second-order valence-corrected chi connectivity index (χ2v) is 6.46. The second kappa shape index (κ2) is 7.76. The van der Waals surface area contributed by atoms with Crippen LogP contribution in [0.2, 0.25) is 5.02 Å². The number of halogens is 3. The molecule has 0 aliphatic heterocycles. The van der Waals surface area contributed by atoms with Crippen molar-refractivity contribution in [1.82, 2.24) is 4.98 Å². The molecule has 0 bridgehead atoms. The Morgan fingerprint density at radius 2 is 1.96 bits per heavy atom. The van der Waals surface area contributed by atoms with Crippen LogP contribution in [0.5, 0.6) is 5.75 Å². The Morgan fingerprint density at radius 3 is 2.60 bits per heavy atom. The predicted molar refractivity (Wildman–Crippen MR) is 92.9 cm³/mol. The lowest BCUT2D eigenvalue weighted by molar-refractivity contribution is 0.414. The highest BCUT2D eigenvalue weighted by Gasteiger charge is 2.18. The molecule has 130 valence electrons. The molecular weight excluding hydrogens is 370 g/mol. The zero-order valence-corrected chi connectivity index (χ0v) is 14.7. The molecule has 0 radical (unpaired) electrons. The summed E-state index contributed by atoms with van der Waals surface area (Å²) >= 11 is 6.78. The van der Waals surface area contributed by atoms with Crippen LogP contribution in [0.25, 0.3) is 0 Å². The summed E-state index contributed by atoms with van der Waals surface area (Å²) in [7, 11) is 1.59.